The van der Waals surface area contributed by atoms with Gasteiger partial charge in [-0.3, -0.25) is 9.59 Å². The quantitative estimate of drug-likeness (QED) is 0.742. The zero-order valence-electron chi connectivity index (χ0n) is 16.1. The summed E-state index contributed by atoms with van der Waals surface area (Å²) in [6.45, 7) is 0.629. The standard InChI is InChI=1S/C20H21F2N3O4S/c21-17-5-1-15(2-6-17)19(26)23-9-14-30(28,29)25-12-10-24(11-13-25)20(27)16-3-7-18(22)8-4-16/h1-8H,9-14H2,(H,23,26). The first-order chi connectivity index (χ1) is 14.3. The van der Waals surface area contributed by atoms with Crippen LogP contribution < -0.4 is 5.32 Å². The maximum Gasteiger partial charge on any atom is 0.253 e. The molecule has 2 aromatic rings. The van der Waals surface area contributed by atoms with Gasteiger partial charge in [0.2, 0.25) is 10.0 Å². The van der Waals surface area contributed by atoms with Gasteiger partial charge in [-0.2, -0.15) is 4.31 Å². The van der Waals surface area contributed by atoms with Crippen LogP contribution in [-0.2, 0) is 10.0 Å². The monoisotopic (exact) mass is 437 g/mol. The first-order valence-corrected chi connectivity index (χ1v) is 10.9. The maximum absolute atomic E-state index is 13.0. The molecule has 2 amide bonds. The topological polar surface area (TPSA) is 86.8 Å². The molecule has 1 fully saturated rings. The molecule has 2 aromatic carbocycles. The molecule has 0 unspecified atom stereocenters. The molecule has 0 aliphatic carbocycles. The van der Waals surface area contributed by atoms with Gasteiger partial charge in [-0.1, -0.05) is 0 Å². The Morgan fingerprint density at radius 1 is 0.833 bits per heavy atom. The Hall–Kier alpha value is -2.85. The molecule has 0 saturated carbocycles. The van der Waals surface area contributed by atoms with Crippen molar-refractivity contribution in [2.75, 3.05) is 38.5 Å². The van der Waals surface area contributed by atoms with Gasteiger partial charge >= 0.3 is 0 Å². The van der Waals surface area contributed by atoms with E-state index in [9.17, 15) is 26.8 Å². The number of benzene rings is 2. The van der Waals surface area contributed by atoms with Crippen LogP contribution in [0.1, 0.15) is 20.7 Å². The fraction of sp³-hybridized carbons (Fsp3) is 0.300. The second-order valence-corrected chi connectivity index (χ2v) is 8.87. The van der Waals surface area contributed by atoms with E-state index in [1.807, 2.05) is 0 Å². The summed E-state index contributed by atoms with van der Waals surface area (Å²) >= 11 is 0. The van der Waals surface area contributed by atoms with E-state index in [0.717, 1.165) is 12.1 Å². The maximum atomic E-state index is 13.0. The molecule has 1 N–H and O–H groups in total. The van der Waals surface area contributed by atoms with Crippen molar-refractivity contribution in [3.05, 3.63) is 71.3 Å². The number of carbonyl (C=O) groups is 2. The molecule has 160 valence electrons. The Morgan fingerprint density at radius 2 is 1.33 bits per heavy atom. The summed E-state index contributed by atoms with van der Waals surface area (Å²) < 4.78 is 52.2. The highest BCUT2D eigenvalue weighted by molar-refractivity contribution is 7.89. The molecule has 0 bridgehead atoms. The number of hydrogen-bond acceptors (Lipinski definition) is 4. The van der Waals surface area contributed by atoms with Gasteiger partial charge in [-0.15, -0.1) is 0 Å². The molecule has 1 heterocycles. The Balaban J connectivity index is 1.48. The molecule has 0 atom stereocenters. The van der Waals surface area contributed by atoms with Crippen LogP contribution in [0.2, 0.25) is 0 Å². The van der Waals surface area contributed by atoms with Gasteiger partial charge in [0, 0.05) is 43.9 Å². The van der Waals surface area contributed by atoms with Crippen LogP contribution in [-0.4, -0.2) is 67.9 Å². The Kier molecular flexibility index (Phi) is 6.78. The van der Waals surface area contributed by atoms with Gasteiger partial charge in [0.05, 0.1) is 5.75 Å². The minimum atomic E-state index is -3.62. The fourth-order valence-electron chi connectivity index (χ4n) is 3.07. The fourth-order valence-corrected chi connectivity index (χ4v) is 4.41. The normalized spacial score (nSPS) is 15.1. The smallest absolute Gasteiger partial charge is 0.253 e. The van der Waals surface area contributed by atoms with E-state index < -0.39 is 27.6 Å². The predicted molar refractivity (Wildman–Crippen MR) is 106 cm³/mol. The number of piperazine rings is 1. The van der Waals surface area contributed by atoms with Crippen molar-refractivity contribution < 1.29 is 26.8 Å². The Labute approximate surface area is 173 Å². The number of rotatable bonds is 6. The van der Waals surface area contributed by atoms with Crippen LogP contribution in [0.3, 0.4) is 0 Å². The first-order valence-electron chi connectivity index (χ1n) is 9.33. The third-order valence-electron chi connectivity index (χ3n) is 4.76. The first kappa shape index (κ1) is 21.8. The largest absolute Gasteiger partial charge is 0.351 e. The SMILES string of the molecule is O=C(NCCS(=O)(=O)N1CCN(C(=O)c2ccc(F)cc2)CC1)c1ccc(F)cc1. The lowest BCUT2D eigenvalue weighted by Crippen LogP contribution is -2.51. The molecule has 1 aliphatic rings. The van der Waals surface area contributed by atoms with Crippen molar-refractivity contribution >= 4 is 21.8 Å². The van der Waals surface area contributed by atoms with Crippen LogP contribution in [0, 0.1) is 11.6 Å². The average molecular weight is 437 g/mol. The molecule has 1 aliphatic heterocycles. The lowest BCUT2D eigenvalue weighted by molar-refractivity contribution is 0.0697. The number of sulfonamides is 1. The van der Waals surface area contributed by atoms with Crippen LogP contribution in [0.15, 0.2) is 48.5 Å². The summed E-state index contributed by atoms with van der Waals surface area (Å²) in [4.78, 5) is 25.9. The van der Waals surface area contributed by atoms with Crippen molar-refractivity contribution in [1.82, 2.24) is 14.5 Å². The zero-order chi connectivity index (χ0) is 21.7. The number of hydrogen-bond donors (Lipinski definition) is 1. The van der Waals surface area contributed by atoms with E-state index in [-0.39, 0.29) is 49.9 Å². The van der Waals surface area contributed by atoms with Crippen molar-refractivity contribution in [3.8, 4) is 0 Å². The zero-order valence-corrected chi connectivity index (χ0v) is 16.9. The third kappa shape index (κ3) is 5.39. The predicted octanol–water partition coefficient (Wildman–Crippen LogP) is 1.48. The summed E-state index contributed by atoms with van der Waals surface area (Å²) in [6.07, 6.45) is 0. The van der Waals surface area contributed by atoms with E-state index in [4.69, 9.17) is 0 Å². The second-order valence-electron chi connectivity index (χ2n) is 6.78. The lowest BCUT2D eigenvalue weighted by Gasteiger charge is -2.34. The number of halogens is 2. The van der Waals surface area contributed by atoms with Gasteiger partial charge < -0.3 is 10.2 Å². The minimum absolute atomic E-state index is 0.0900. The van der Waals surface area contributed by atoms with Crippen molar-refractivity contribution in [2.45, 2.75) is 0 Å². The molecule has 3 rings (SSSR count). The molecule has 1 saturated heterocycles. The van der Waals surface area contributed by atoms with Crippen molar-refractivity contribution in [3.63, 3.8) is 0 Å². The van der Waals surface area contributed by atoms with Crippen LogP contribution in [0.5, 0.6) is 0 Å². The number of nitrogens with zero attached hydrogens (tertiary/aromatic N) is 2. The summed E-state index contributed by atoms with van der Waals surface area (Å²) in [5, 5.41) is 2.50. The highest BCUT2D eigenvalue weighted by Crippen LogP contribution is 2.12. The molecular weight excluding hydrogens is 416 g/mol. The molecule has 0 spiro atoms. The van der Waals surface area contributed by atoms with E-state index in [2.05, 4.69) is 5.32 Å². The minimum Gasteiger partial charge on any atom is -0.351 e. The molecule has 7 nitrogen and oxygen atoms in total. The molecular formula is C20H21F2N3O4S. The Bertz CT molecular complexity index is 1000. The average Bonchev–Trinajstić information content (AvgIpc) is 2.74. The number of amides is 2. The highest BCUT2D eigenvalue weighted by Gasteiger charge is 2.29. The van der Waals surface area contributed by atoms with Crippen LogP contribution in [0.4, 0.5) is 8.78 Å². The summed E-state index contributed by atoms with van der Waals surface area (Å²) in [5.41, 5.74) is 0.581. The van der Waals surface area contributed by atoms with Crippen molar-refractivity contribution in [2.24, 2.45) is 0 Å². The summed E-state index contributed by atoms with van der Waals surface area (Å²) in [5.74, 6) is -1.95. The van der Waals surface area contributed by atoms with E-state index in [0.29, 0.717) is 5.56 Å². The second kappa shape index (κ2) is 9.31. The lowest BCUT2D eigenvalue weighted by atomic mass is 10.2. The summed E-state index contributed by atoms with van der Waals surface area (Å²) in [6, 6.07) is 10.1. The van der Waals surface area contributed by atoms with Gasteiger partial charge in [-0.25, -0.2) is 17.2 Å². The van der Waals surface area contributed by atoms with Crippen molar-refractivity contribution in [1.29, 1.82) is 0 Å². The molecule has 0 aromatic heterocycles. The number of carbonyl (C=O) groups excluding carboxylic acids is 2. The summed E-state index contributed by atoms with van der Waals surface area (Å²) in [7, 11) is -3.62. The molecule has 30 heavy (non-hydrogen) atoms. The van der Waals surface area contributed by atoms with Gasteiger partial charge in [-0.05, 0) is 48.5 Å². The van der Waals surface area contributed by atoms with Gasteiger partial charge in [0.25, 0.3) is 11.8 Å². The van der Waals surface area contributed by atoms with E-state index in [1.54, 1.807) is 0 Å². The third-order valence-corrected chi connectivity index (χ3v) is 6.63. The Morgan fingerprint density at radius 3 is 1.87 bits per heavy atom. The van der Waals surface area contributed by atoms with E-state index >= 15 is 0 Å². The highest BCUT2D eigenvalue weighted by atomic mass is 32.2. The van der Waals surface area contributed by atoms with E-state index in [1.165, 1.54) is 45.6 Å². The van der Waals surface area contributed by atoms with Crippen LogP contribution in [0.25, 0.3) is 0 Å². The molecule has 0 radical (unpaired) electrons. The van der Waals surface area contributed by atoms with Crippen LogP contribution >= 0.6 is 0 Å². The molecule has 10 heteroatoms. The van der Waals surface area contributed by atoms with Gasteiger partial charge in [0.1, 0.15) is 11.6 Å². The van der Waals surface area contributed by atoms with Gasteiger partial charge in [0.15, 0.2) is 0 Å². The number of nitrogens with one attached hydrogen (secondary N) is 1.